The van der Waals surface area contributed by atoms with Crippen molar-refractivity contribution in [2.75, 3.05) is 19.8 Å². The number of aliphatic imine (C=N–C) groups is 1. The Hall–Kier alpha value is -2.45. The number of urea groups is 1. The van der Waals surface area contributed by atoms with Gasteiger partial charge in [-0.15, -0.1) is 0 Å². The molecule has 0 radical (unpaired) electrons. The van der Waals surface area contributed by atoms with E-state index < -0.39 is 5.54 Å². The van der Waals surface area contributed by atoms with Crippen molar-refractivity contribution in [3.8, 4) is 0 Å². The molecule has 1 aromatic heterocycles. The summed E-state index contributed by atoms with van der Waals surface area (Å²) in [4.78, 5) is 23.4. The highest BCUT2D eigenvalue weighted by molar-refractivity contribution is 5.88. The van der Waals surface area contributed by atoms with Crippen molar-refractivity contribution >= 4 is 12.2 Å². The number of aromatic nitrogens is 1. The maximum Gasteiger partial charge on any atom is 0.318 e. The van der Waals surface area contributed by atoms with Gasteiger partial charge in [-0.2, -0.15) is 0 Å². The van der Waals surface area contributed by atoms with Crippen LogP contribution >= 0.6 is 0 Å². The molecule has 0 saturated carbocycles. The lowest BCUT2D eigenvalue weighted by Crippen LogP contribution is -2.49. The summed E-state index contributed by atoms with van der Waals surface area (Å²) in [5, 5.41) is 10.0. The van der Waals surface area contributed by atoms with E-state index in [9.17, 15) is 4.79 Å². The number of rotatable bonds is 4. The van der Waals surface area contributed by atoms with E-state index in [1.165, 1.54) is 0 Å². The lowest BCUT2D eigenvalue weighted by atomic mass is 9.95. The molecule has 8 heteroatoms. The van der Waals surface area contributed by atoms with E-state index in [0.717, 1.165) is 42.9 Å². The molecule has 0 spiro atoms. The average molecular weight is 384 g/mol. The summed E-state index contributed by atoms with van der Waals surface area (Å²) in [6.45, 7) is 6.69. The first-order valence-corrected chi connectivity index (χ1v) is 9.85. The van der Waals surface area contributed by atoms with Gasteiger partial charge in [0, 0.05) is 55.7 Å². The van der Waals surface area contributed by atoms with Crippen molar-refractivity contribution in [3.63, 3.8) is 0 Å². The maximum absolute atomic E-state index is 12.8. The third-order valence-electron chi connectivity index (χ3n) is 5.67. The van der Waals surface area contributed by atoms with Crippen LogP contribution in [0.25, 0.3) is 0 Å². The van der Waals surface area contributed by atoms with Crippen molar-refractivity contribution in [2.24, 2.45) is 4.99 Å². The zero-order chi connectivity index (χ0) is 19.6. The molecule has 8 nitrogen and oxygen atoms in total. The molecular weight excluding hydrogens is 356 g/mol. The molecule has 1 atom stereocenters. The molecule has 3 aliphatic heterocycles. The molecule has 0 aliphatic carbocycles. The topological polar surface area (TPSA) is 90.9 Å². The summed E-state index contributed by atoms with van der Waals surface area (Å²) < 4.78 is 5.42. The standard InChI is InChI=1S/C20H28N6O2/c1-20(2)16-12-22-18(24-15-5-8-28-9-6-15)25-17(16)13-26(20)19(27)23-11-14-4-3-7-21-10-14/h3-4,7,10,12,15,18,24-25H,5-6,8-9,11,13H2,1-2H3,(H,23,27). The van der Waals surface area contributed by atoms with E-state index in [1.807, 2.05) is 23.2 Å². The van der Waals surface area contributed by atoms with Gasteiger partial charge in [-0.25, -0.2) is 4.79 Å². The molecule has 1 unspecified atom stereocenters. The number of ether oxygens (including phenoxy) is 1. The normalized spacial score (nSPS) is 24.1. The molecule has 3 aliphatic rings. The van der Waals surface area contributed by atoms with Crippen LogP contribution in [-0.2, 0) is 11.3 Å². The van der Waals surface area contributed by atoms with Crippen LogP contribution in [0, 0.1) is 0 Å². The number of carbonyl (C=O) groups is 1. The van der Waals surface area contributed by atoms with Gasteiger partial charge in [0.1, 0.15) is 0 Å². The first-order chi connectivity index (χ1) is 13.5. The van der Waals surface area contributed by atoms with Crippen molar-refractivity contribution in [3.05, 3.63) is 41.4 Å². The number of nitrogens with one attached hydrogen (secondary N) is 3. The van der Waals surface area contributed by atoms with E-state index in [0.29, 0.717) is 19.1 Å². The van der Waals surface area contributed by atoms with Gasteiger partial charge in [0.05, 0.1) is 12.1 Å². The smallest absolute Gasteiger partial charge is 0.318 e. The fourth-order valence-corrected chi connectivity index (χ4v) is 3.94. The van der Waals surface area contributed by atoms with Gasteiger partial charge >= 0.3 is 6.03 Å². The van der Waals surface area contributed by atoms with Gasteiger partial charge in [-0.05, 0) is 38.3 Å². The zero-order valence-electron chi connectivity index (χ0n) is 16.4. The lowest BCUT2D eigenvalue weighted by Gasteiger charge is -2.33. The second-order valence-electron chi connectivity index (χ2n) is 7.94. The summed E-state index contributed by atoms with van der Waals surface area (Å²) in [5.41, 5.74) is 2.68. The Balaban J connectivity index is 1.36. The molecule has 1 saturated heterocycles. The van der Waals surface area contributed by atoms with Gasteiger partial charge in [0.25, 0.3) is 0 Å². The van der Waals surface area contributed by atoms with Crippen LogP contribution in [0.3, 0.4) is 0 Å². The van der Waals surface area contributed by atoms with Gasteiger partial charge < -0.3 is 20.3 Å². The van der Waals surface area contributed by atoms with Crippen molar-refractivity contribution in [1.29, 1.82) is 0 Å². The fourth-order valence-electron chi connectivity index (χ4n) is 3.94. The number of nitrogens with zero attached hydrogens (tertiary/aromatic N) is 3. The molecule has 0 aromatic carbocycles. The molecule has 4 heterocycles. The van der Waals surface area contributed by atoms with E-state index in [4.69, 9.17) is 4.74 Å². The number of hydrogen-bond donors (Lipinski definition) is 3. The fraction of sp³-hybridized carbons (Fsp3) is 0.550. The van der Waals surface area contributed by atoms with Crippen LogP contribution in [-0.4, -0.2) is 59.8 Å². The Morgan fingerprint density at radius 2 is 2.21 bits per heavy atom. The van der Waals surface area contributed by atoms with Gasteiger partial charge in [0.15, 0.2) is 6.29 Å². The van der Waals surface area contributed by atoms with Crippen LogP contribution in [0.4, 0.5) is 4.79 Å². The summed E-state index contributed by atoms with van der Waals surface area (Å²) in [6, 6.07) is 4.13. The molecule has 4 rings (SSSR count). The van der Waals surface area contributed by atoms with Crippen molar-refractivity contribution in [1.82, 2.24) is 25.8 Å². The van der Waals surface area contributed by atoms with Crippen LogP contribution < -0.4 is 16.0 Å². The van der Waals surface area contributed by atoms with Crippen molar-refractivity contribution in [2.45, 2.75) is 51.1 Å². The first kappa shape index (κ1) is 18.9. The SMILES string of the molecule is CC1(C)C2=C(CN1C(=O)NCc1cccnc1)NC(NC1CCOCC1)N=C2. The Labute approximate surface area is 165 Å². The summed E-state index contributed by atoms with van der Waals surface area (Å²) >= 11 is 0. The highest BCUT2D eigenvalue weighted by Gasteiger charge is 2.43. The largest absolute Gasteiger partial charge is 0.381 e. The van der Waals surface area contributed by atoms with Crippen LogP contribution in [0.15, 0.2) is 40.8 Å². The van der Waals surface area contributed by atoms with E-state index in [1.54, 1.807) is 12.4 Å². The highest BCUT2D eigenvalue weighted by atomic mass is 16.5. The monoisotopic (exact) mass is 384 g/mol. The first-order valence-electron chi connectivity index (χ1n) is 9.85. The predicted octanol–water partition coefficient (Wildman–Crippen LogP) is 1.37. The second-order valence-corrected chi connectivity index (χ2v) is 7.94. The molecule has 2 amide bonds. The molecule has 0 bridgehead atoms. The number of amides is 2. The third-order valence-corrected chi connectivity index (χ3v) is 5.67. The Kier molecular flexibility index (Phi) is 5.32. The zero-order valence-corrected chi connectivity index (χ0v) is 16.4. The number of carbonyl (C=O) groups excluding carboxylic acids is 1. The number of hydrogen-bond acceptors (Lipinski definition) is 6. The minimum atomic E-state index is -0.422. The second kappa shape index (κ2) is 7.89. The Morgan fingerprint density at radius 1 is 1.39 bits per heavy atom. The van der Waals surface area contributed by atoms with Crippen LogP contribution in [0.2, 0.25) is 0 Å². The third kappa shape index (κ3) is 3.88. The van der Waals surface area contributed by atoms with Gasteiger partial charge in [-0.3, -0.25) is 15.3 Å². The molecule has 1 aromatic rings. The quantitative estimate of drug-likeness (QED) is 0.729. The Bertz CT molecular complexity index is 770. The number of pyridine rings is 1. The maximum atomic E-state index is 12.8. The van der Waals surface area contributed by atoms with E-state index in [-0.39, 0.29) is 12.3 Å². The van der Waals surface area contributed by atoms with E-state index >= 15 is 0 Å². The van der Waals surface area contributed by atoms with Crippen molar-refractivity contribution < 1.29 is 9.53 Å². The lowest BCUT2D eigenvalue weighted by molar-refractivity contribution is 0.0742. The summed E-state index contributed by atoms with van der Waals surface area (Å²) in [7, 11) is 0. The highest BCUT2D eigenvalue weighted by Crippen LogP contribution is 2.34. The van der Waals surface area contributed by atoms with Gasteiger partial charge in [0.2, 0.25) is 0 Å². The molecule has 1 fully saturated rings. The summed E-state index contributed by atoms with van der Waals surface area (Å²) in [5.74, 6) is 0. The predicted molar refractivity (Wildman–Crippen MR) is 107 cm³/mol. The van der Waals surface area contributed by atoms with E-state index in [2.05, 4.69) is 39.8 Å². The minimum Gasteiger partial charge on any atom is -0.381 e. The molecule has 3 N–H and O–H groups in total. The Morgan fingerprint density at radius 3 is 2.96 bits per heavy atom. The molecule has 150 valence electrons. The summed E-state index contributed by atoms with van der Waals surface area (Å²) in [6.07, 6.45) is 7.23. The minimum absolute atomic E-state index is 0.0904. The molecular formula is C20H28N6O2. The van der Waals surface area contributed by atoms with Crippen LogP contribution in [0.1, 0.15) is 32.3 Å². The molecule has 28 heavy (non-hydrogen) atoms. The average Bonchev–Trinajstić information content (AvgIpc) is 2.98. The van der Waals surface area contributed by atoms with Gasteiger partial charge in [-0.1, -0.05) is 6.07 Å². The van der Waals surface area contributed by atoms with Crippen LogP contribution in [0.5, 0.6) is 0 Å².